The standard InChI is InChI=1S/C12H16FNO2/c1-8(14-9-6-16-7-9)12-10(13)4-3-5-11(12)15-2/h3-5,8-9,14H,6-7H2,1-2H3. The first-order chi connectivity index (χ1) is 7.72. The van der Waals surface area contributed by atoms with Gasteiger partial charge in [0.15, 0.2) is 0 Å². The van der Waals surface area contributed by atoms with E-state index in [4.69, 9.17) is 9.47 Å². The molecule has 1 aromatic carbocycles. The second-order valence-electron chi connectivity index (χ2n) is 3.98. The van der Waals surface area contributed by atoms with Gasteiger partial charge in [-0.05, 0) is 19.1 Å². The molecular formula is C12H16FNO2. The lowest BCUT2D eigenvalue weighted by molar-refractivity contribution is -0.00950. The van der Waals surface area contributed by atoms with E-state index in [-0.39, 0.29) is 11.9 Å². The van der Waals surface area contributed by atoms with Crippen LogP contribution in [0.1, 0.15) is 18.5 Å². The summed E-state index contributed by atoms with van der Waals surface area (Å²) in [5.41, 5.74) is 0.580. The molecule has 1 saturated heterocycles. The van der Waals surface area contributed by atoms with E-state index < -0.39 is 0 Å². The fourth-order valence-electron chi connectivity index (χ4n) is 1.88. The quantitative estimate of drug-likeness (QED) is 0.848. The van der Waals surface area contributed by atoms with E-state index in [0.29, 0.717) is 30.6 Å². The average Bonchev–Trinajstić information content (AvgIpc) is 2.22. The maximum absolute atomic E-state index is 13.7. The molecule has 0 bridgehead atoms. The molecule has 1 aliphatic heterocycles. The molecule has 0 aliphatic carbocycles. The van der Waals surface area contributed by atoms with Gasteiger partial charge in [0.2, 0.25) is 0 Å². The van der Waals surface area contributed by atoms with Gasteiger partial charge in [-0.3, -0.25) is 0 Å². The average molecular weight is 225 g/mol. The van der Waals surface area contributed by atoms with E-state index >= 15 is 0 Å². The zero-order valence-electron chi connectivity index (χ0n) is 9.50. The van der Waals surface area contributed by atoms with Crippen molar-refractivity contribution in [3.05, 3.63) is 29.6 Å². The lowest BCUT2D eigenvalue weighted by atomic mass is 10.0. The Morgan fingerprint density at radius 1 is 1.50 bits per heavy atom. The summed E-state index contributed by atoms with van der Waals surface area (Å²) in [6.45, 7) is 3.32. The summed E-state index contributed by atoms with van der Waals surface area (Å²) in [5.74, 6) is 0.347. The van der Waals surface area contributed by atoms with Crippen LogP contribution in [0, 0.1) is 5.82 Å². The Kier molecular flexibility index (Phi) is 3.41. The van der Waals surface area contributed by atoms with Crippen molar-refractivity contribution in [3.8, 4) is 5.75 Å². The molecule has 4 heteroatoms. The summed E-state index contributed by atoms with van der Waals surface area (Å²) in [5, 5.41) is 3.30. The first kappa shape index (κ1) is 11.4. The van der Waals surface area contributed by atoms with Gasteiger partial charge in [-0.25, -0.2) is 4.39 Å². The van der Waals surface area contributed by atoms with E-state index in [0.717, 1.165) is 0 Å². The van der Waals surface area contributed by atoms with Crippen LogP contribution in [0.15, 0.2) is 18.2 Å². The molecule has 1 N–H and O–H groups in total. The number of benzene rings is 1. The van der Waals surface area contributed by atoms with Gasteiger partial charge in [0.25, 0.3) is 0 Å². The van der Waals surface area contributed by atoms with Crippen molar-refractivity contribution in [2.75, 3.05) is 20.3 Å². The molecular weight excluding hydrogens is 209 g/mol. The maximum Gasteiger partial charge on any atom is 0.131 e. The van der Waals surface area contributed by atoms with Crippen molar-refractivity contribution in [1.29, 1.82) is 0 Å². The molecule has 0 radical (unpaired) electrons. The lowest BCUT2D eigenvalue weighted by Gasteiger charge is -2.30. The minimum atomic E-state index is -0.236. The van der Waals surface area contributed by atoms with Gasteiger partial charge in [0.1, 0.15) is 11.6 Å². The normalized spacial score (nSPS) is 17.9. The fraction of sp³-hybridized carbons (Fsp3) is 0.500. The van der Waals surface area contributed by atoms with Gasteiger partial charge in [-0.1, -0.05) is 6.07 Å². The molecule has 1 aromatic rings. The third kappa shape index (κ3) is 2.18. The second-order valence-corrected chi connectivity index (χ2v) is 3.98. The van der Waals surface area contributed by atoms with Crippen molar-refractivity contribution in [2.24, 2.45) is 0 Å². The van der Waals surface area contributed by atoms with E-state index in [1.807, 2.05) is 6.92 Å². The number of rotatable bonds is 4. The number of methoxy groups -OCH3 is 1. The van der Waals surface area contributed by atoms with Crippen molar-refractivity contribution in [3.63, 3.8) is 0 Å². The Bertz CT molecular complexity index is 366. The molecule has 16 heavy (non-hydrogen) atoms. The molecule has 0 spiro atoms. The van der Waals surface area contributed by atoms with Crippen LogP contribution in [0.4, 0.5) is 4.39 Å². The number of nitrogens with one attached hydrogen (secondary N) is 1. The predicted octanol–water partition coefficient (Wildman–Crippen LogP) is 1.88. The van der Waals surface area contributed by atoms with Crippen molar-refractivity contribution < 1.29 is 13.9 Å². The zero-order valence-corrected chi connectivity index (χ0v) is 9.50. The van der Waals surface area contributed by atoms with E-state index in [1.165, 1.54) is 6.07 Å². The fourth-order valence-corrected chi connectivity index (χ4v) is 1.88. The van der Waals surface area contributed by atoms with Crippen molar-refractivity contribution >= 4 is 0 Å². The molecule has 88 valence electrons. The molecule has 0 saturated carbocycles. The number of halogens is 1. The number of hydrogen-bond acceptors (Lipinski definition) is 3. The Balaban J connectivity index is 2.16. The van der Waals surface area contributed by atoms with Crippen molar-refractivity contribution in [1.82, 2.24) is 5.32 Å². The summed E-state index contributed by atoms with van der Waals surface area (Å²) in [6, 6.07) is 5.11. The minimum Gasteiger partial charge on any atom is -0.496 e. The summed E-state index contributed by atoms with van der Waals surface area (Å²) in [7, 11) is 1.55. The molecule has 0 aromatic heterocycles. The van der Waals surface area contributed by atoms with Crippen LogP contribution < -0.4 is 10.1 Å². The van der Waals surface area contributed by atoms with Crippen LogP contribution in [-0.2, 0) is 4.74 Å². The molecule has 2 rings (SSSR count). The lowest BCUT2D eigenvalue weighted by Crippen LogP contribution is -2.46. The van der Waals surface area contributed by atoms with Crippen LogP contribution in [0.25, 0.3) is 0 Å². The highest BCUT2D eigenvalue weighted by Crippen LogP contribution is 2.28. The SMILES string of the molecule is COc1cccc(F)c1C(C)NC1COC1. The first-order valence-electron chi connectivity index (χ1n) is 5.38. The number of hydrogen-bond donors (Lipinski definition) is 1. The molecule has 1 fully saturated rings. The summed E-state index contributed by atoms with van der Waals surface area (Å²) in [4.78, 5) is 0. The zero-order chi connectivity index (χ0) is 11.5. The van der Waals surface area contributed by atoms with Crippen LogP contribution in [0.2, 0.25) is 0 Å². The minimum absolute atomic E-state index is 0.0787. The summed E-state index contributed by atoms with van der Waals surface area (Å²) < 4.78 is 23.9. The van der Waals surface area contributed by atoms with E-state index in [2.05, 4.69) is 5.32 Å². The van der Waals surface area contributed by atoms with Gasteiger partial charge in [0.05, 0.1) is 26.4 Å². The van der Waals surface area contributed by atoms with Gasteiger partial charge in [0, 0.05) is 11.6 Å². The van der Waals surface area contributed by atoms with Crippen LogP contribution >= 0.6 is 0 Å². The van der Waals surface area contributed by atoms with Gasteiger partial charge in [-0.2, -0.15) is 0 Å². The Labute approximate surface area is 94.6 Å². The molecule has 3 nitrogen and oxygen atoms in total. The highest BCUT2D eigenvalue weighted by atomic mass is 19.1. The predicted molar refractivity (Wildman–Crippen MR) is 59.1 cm³/mol. The van der Waals surface area contributed by atoms with Crippen LogP contribution in [-0.4, -0.2) is 26.4 Å². The van der Waals surface area contributed by atoms with E-state index in [9.17, 15) is 4.39 Å². The number of ether oxygens (including phenoxy) is 2. The topological polar surface area (TPSA) is 30.5 Å². The monoisotopic (exact) mass is 225 g/mol. The second kappa shape index (κ2) is 4.80. The largest absolute Gasteiger partial charge is 0.496 e. The van der Waals surface area contributed by atoms with Crippen LogP contribution in [0.3, 0.4) is 0 Å². The Hall–Kier alpha value is -1.13. The molecule has 0 amide bonds. The molecule has 1 atom stereocenters. The molecule has 1 heterocycles. The Morgan fingerprint density at radius 2 is 2.25 bits per heavy atom. The maximum atomic E-state index is 13.7. The third-order valence-electron chi connectivity index (χ3n) is 2.79. The third-order valence-corrected chi connectivity index (χ3v) is 2.79. The van der Waals surface area contributed by atoms with Gasteiger partial charge >= 0.3 is 0 Å². The van der Waals surface area contributed by atoms with Crippen molar-refractivity contribution in [2.45, 2.75) is 19.0 Å². The summed E-state index contributed by atoms with van der Waals surface area (Å²) >= 11 is 0. The smallest absolute Gasteiger partial charge is 0.131 e. The summed E-state index contributed by atoms with van der Waals surface area (Å²) in [6.07, 6.45) is 0. The molecule has 1 unspecified atom stereocenters. The highest BCUT2D eigenvalue weighted by Gasteiger charge is 2.23. The van der Waals surface area contributed by atoms with E-state index in [1.54, 1.807) is 19.2 Å². The first-order valence-corrected chi connectivity index (χ1v) is 5.38. The highest BCUT2D eigenvalue weighted by molar-refractivity contribution is 5.37. The van der Waals surface area contributed by atoms with Crippen LogP contribution in [0.5, 0.6) is 5.75 Å². The van der Waals surface area contributed by atoms with Gasteiger partial charge in [-0.15, -0.1) is 0 Å². The Morgan fingerprint density at radius 3 is 2.81 bits per heavy atom. The van der Waals surface area contributed by atoms with Gasteiger partial charge < -0.3 is 14.8 Å². The molecule has 1 aliphatic rings.